The number of thioether (sulfide) groups is 2. The topological polar surface area (TPSA) is 160 Å². The molecule has 0 radical (unpaired) electrons. The van der Waals surface area contributed by atoms with Crippen LogP contribution in [0.4, 0.5) is 0 Å². The fraction of sp³-hybridized carbons (Fsp3) is 0.412. The molecular formula is C17H21Cl2N5O4S4. The van der Waals surface area contributed by atoms with Gasteiger partial charge < -0.3 is 16.4 Å². The molecule has 0 amide bonds. The second-order valence-electron chi connectivity index (χ2n) is 5.94. The summed E-state index contributed by atoms with van der Waals surface area (Å²) in [6.07, 6.45) is 0.908. The van der Waals surface area contributed by atoms with Crippen LogP contribution in [0.5, 0.6) is 0 Å². The number of aryl methyl sites for hydroxylation is 1. The van der Waals surface area contributed by atoms with Gasteiger partial charge in [0.15, 0.2) is 12.1 Å². The minimum absolute atomic E-state index is 0. The highest BCUT2D eigenvalue weighted by Crippen LogP contribution is 2.26. The van der Waals surface area contributed by atoms with Crippen LogP contribution in [0.15, 0.2) is 20.7 Å². The maximum Gasteiger partial charge on any atom is 0.329 e. The van der Waals surface area contributed by atoms with Crippen LogP contribution in [-0.2, 0) is 21.9 Å². The highest BCUT2D eigenvalue weighted by Gasteiger charge is 2.27. The maximum absolute atomic E-state index is 10.7. The number of aliphatic carboxylic acids is 2. The molecule has 0 saturated carbocycles. The Kier molecular flexibility index (Phi) is 12.1. The average molecular weight is 559 g/mol. The van der Waals surface area contributed by atoms with Crippen molar-refractivity contribution in [2.75, 3.05) is 11.5 Å². The predicted octanol–water partition coefficient (Wildman–Crippen LogP) is 4.06. The molecule has 32 heavy (non-hydrogen) atoms. The molecule has 0 spiro atoms. The molecule has 9 nitrogen and oxygen atoms in total. The molecule has 176 valence electrons. The smallest absolute Gasteiger partial charge is 0.329 e. The van der Waals surface area contributed by atoms with Crippen LogP contribution in [0.1, 0.15) is 28.3 Å². The van der Waals surface area contributed by atoms with Gasteiger partial charge in [-0.25, -0.2) is 19.6 Å². The van der Waals surface area contributed by atoms with Gasteiger partial charge in [-0.3, -0.25) is 9.98 Å². The van der Waals surface area contributed by atoms with Gasteiger partial charge in [0, 0.05) is 22.3 Å². The van der Waals surface area contributed by atoms with Crippen molar-refractivity contribution in [1.29, 1.82) is 0 Å². The van der Waals surface area contributed by atoms with E-state index in [-0.39, 0.29) is 18.6 Å². The molecule has 0 bridgehead atoms. The molecule has 2 aliphatic heterocycles. The van der Waals surface area contributed by atoms with Crippen LogP contribution in [0, 0.1) is 0 Å². The molecule has 2 atom stereocenters. The van der Waals surface area contributed by atoms with Gasteiger partial charge in [0.1, 0.15) is 26.5 Å². The molecule has 2 aromatic heterocycles. The van der Waals surface area contributed by atoms with E-state index >= 15 is 0 Å². The number of hydrogen-bond donors (Lipinski definition) is 3. The van der Waals surface area contributed by atoms with Crippen LogP contribution in [0.3, 0.4) is 0 Å². The van der Waals surface area contributed by atoms with E-state index in [1.165, 1.54) is 34.9 Å². The first-order valence-electron chi connectivity index (χ1n) is 8.73. The van der Waals surface area contributed by atoms with E-state index in [2.05, 4.69) is 20.0 Å². The quantitative estimate of drug-likeness (QED) is 0.444. The molecule has 0 unspecified atom stereocenters. The summed E-state index contributed by atoms with van der Waals surface area (Å²) in [5.74, 6) is -0.360. The van der Waals surface area contributed by atoms with E-state index in [1.54, 1.807) is 11.3 Å². The summed E-state index contributed by atoms with van der Waals surface area (Å²) in [5.41, 5.74) is 1.56. The Morgan fingerprint density at radius 2 is 1.41 bits per heavy atom. The van der Waals surface area contributed by atoms with Gasteiger partial charge in [0.2, 0.25) is 0 Å². The minimum atomic E-state index is -0.884. The molecule has 4 heterocycles. The van der Waals surface area contributed by atoms with Gasteiger partial charge in [-0.1, -0.05) is 6.92 Å². The van der Waals surface area contributed by atoms with Gasteiger partial charge in [-0.2, -0.15) is 0 Å². The van der Waals surface area contributed by atoms with Gasteiger partial charge in [-0.05, 0) is 6.42 Å². The number of alkyl halides is 1. The fourth-order valence-corrected chi connectivity index (χ4v) is 6.05. The van der Waals surface area contributed by atoms with Crippen molar-refractivity contribution in [2.24, 2.45) is 9.98 Å². The van der Waals surface area contributed by atoms with Crippen molar-refractivity contribution in [3.8, 4) is 0 Å². The van der Waals surface area contributed by atoms with E-state index in [0.29, 0.717) is 22.4 Å². The van der Waals surface area contributed by atoms with E-state index in [0.717, 1.165) is 32.9 Å². The summed E-state index contributed by atoms with van der Waals surface area (Å²) in [6, 6.07) is -1.23. The third kappa shape index (κ3) is 7.40. The standard InChI is InChI=1S/C9H10N2O2S2.C8H7ClN2O2S2.ClH.H3N/c1-2-7-10-5(3-14-7)8-11-6(4-15-8)9(12)13;9-1-6-10-4(2-14-6)7-11-5(3-15-7)8(12)13;;/h3,6H,2,4H2,1H3,(H,12,13);2,5H,1,3H2,(H,12,13);1H;1H3/t6-;5-;;/m00../s1. The Labute approximate surface area is 212 Å². The molecule has 4 rings (SSSR count). The number of aromatic nitrogens is 2. The number of carboxylic acids is 2. The Morgan fingerprint density at radius 3 is 1.72 bits per heavy atom. The lowest BCUT2D eigenvalue weighted by Gasteiger charge is -1.93. The van der Waals surface area contributed by atoms with Gasteiger partial charge in [0.25, 0.3) is 0 Å². The normalized spacial score (nSPS) is 19.1. The molecule has 2 aromatic rings. The number of rotatable bonds is 6. The maximum atomic E-state index is 10.7. The van der Waals surface area contributed by atoms with Crippen molar-refractivity contribution in [1.82, 2.24) is 16.1 Å². The van der Waals surface area contributed by atoms with E-state index in [1.807, 2.05) is 17.7 Å². The molecule has 2 aliphatic rings. The number of carboxylic acid groups (broad SMARTS) is 2. The highest BCUT2D eigenvalue weighted by atomic mass is 35.5. The molecule has 0 aliphatic carbocycles. The van der Waals surface area contributed by atoms with Crippen LogP contribution in [-0.4, -0.2) is 65.8 Å². The lowest BCUT2D eigenvalue weighted by Crippen LogP contribution is -2.17. The fourth-order valence-electron chi connectivity index (χ4n) is 2.32. The zero-order valence-corrected chi connectivity index (χ0v) is 21.6. The second kappa shape index (κ2) is 13.5. The lowest BCUT2D eigenvalue weighted by atomic mass is 10.3. The Hall–Kier alpha value is -1.22. The number of nitrogens with zero attached hydrogens (tertiary/aromatic N) is 4. The first-order valence-corrected chi connectivity index (χ1v) is 13.0. The van der Waals surface area contributed by atoms with Gasteiger partial charge in [-0.15, -0.1) is 70.2 Å². The van der Waals surface area contributed by atoms with E-state index < -0.39 is 24.0 Å². The summed E-state index contributed by atoms with van der Waals surface area (Å²) in [4.78, 5) is 38.2. The van der Waals surface area contributed by atoms with Crippen molar-refractivity contribution in [2.45, 2.75) is 31.3 Å². The zero-order chi connectivity index (χ0) is 21.7. The first-order chi connectivity index (χ1) is 14.4. The molecule has 15 heteroatoms. The Morgan fingerprint density at radius 1 is 0.969 bits per heavy atom. The zero-order valence-electron chi connectivity index (χ0n) is 16.8. The van der Waals surface area contributed by atoms with E-state index in [4.69, 9.17) is 21.8 Å². The molecule has 0 aromatic carbocycles. The van der Waals surface area contributed by atoms with Gasteiger partial charge >= 0.3 is 11.9 Å². The van der Waals surface area contributed by atoms with Crippen molar-refractivity contribution in [3.05, 3.63) is 32.2 Å². The van der Waals surface area contributed by atoms with E-state index in [9.17, 15) is 9.59 Å². The molecule has 0 saturated heterocycles. The molecular weight excluding hydrogens is 537 g/mol. The summed E-state index contributed by atoms with van der Waals surface area (Å²) in [5, 5.41) is 24.7. The minimum Gasteiger partial charge on any atom is -0.480 e. The Bertz CT molecular complexity index is 919. The van der Waals surface area contributed by atoms with Crippen molar-refractivity contribution < 1.29 is 19.8 Å². The molecule has 5 N–H and O–H groups in total. The van der Waals surface area contributed by atoms with Crippen LogP contribution in [0.25, 0.3) is 0 Å². The number of carbonyl (C=O) groups is 2. The molecule has 0 fully saturated rings. The first kappa shape index (κ1) is 28.8. The number of aliphatic imine (C=N–C) groups is 2. The Balaban J connectivity index is 0.000000301. The summed E-state index contributed by atoms with van der Waals surface area (Å²) in [7, 11) is 0. The average Bonchev–Trinajstić information content (AvgIpc) is 3.53. The summed E-state index contributed by atoms with van der Waals surface area (Å²) < 4.78 is 0. The van der Waals surface area contributed by atoms with Gasteiger partial charge in [0.05, 0.1) is 10.9 Å². The van der Waals surface area contributed by atoms with Crippen LogP contribution < -0.4 is 6.15 Å². The monoisotopic (exact) mass is 557 g/mol. The number of thiazole rings is 2. The second-order valence-corrected chi connectivity index (χ2v) is 10.1. The SMILES string of the molecule is CCc1nc(C2=N[C@H](C(=O)O)CS2)cs1.Cl.N.O=C(O)[C@@H]1CSC(c2csc(CCl)n2)=N1. The summed E-state index contributed by atoms with van der Waals surface area (Å²) in [6.45, 7) is 2.05. The van der Waals surface area contributed by atoms with Crippen molar-refractivity contribution in [3.63, 3.8) is 0 Å². The summed E-state index contributed by atoms with van der Waals surface area (Å²) >= 11 is 11.6. The van der Waals surface area contributed by atoms with Crippen LogP contribution in [0.2, 0.25) is 0 Å². The largest absolute Gasteiger partial charge is 0.480 e. The predicted molar refractivity (Wildman–Crippen MR) is 136 cm³/mol. The van der Waals surface area contributed by atoms with Crippen LogP contribution >= 0.6 is 70.2 Å². The lowest BCUT2D eigenvalue weighted by molar-refractivity contribution is -0.138. The highest BCUT2D eigenvalue weighted by molar-refractivity contribution is 8.15. The third-order valence-electron chi connectivity index (χ3n) is 3.83. The van der Waals surface area contributed by atoms with Crippen molar-refractivity contribution >= 4 is 92.2 Å². The number of hydrogen-bond acceptors (Lipinski definition) is 11. The third-order valence-corrected chi connectivity index (χ3v) is 8.23. The number of halogens is 2.